The van der Waals surface area contributed by atoms with Crippen LogP contribution in [0.25, 0.3) is 0 Å². The minimum Gasteiger partial charge on any atom is -0.466 e. The van der Waals surface area contributed by atoms with Crippen molar-refractivity contribution in [1.29, 1.82) is 0 Å². The first kappa shape index (κ1) is 41.3. The van der Waals surface area contributed by atoms with Gasteiger partial charge in [0.2, 0.25) is 11.8 Å². The SMILES string of the molecule is CCCCCCCCCCCCOC(=O)CC1C(=O)NCCN1C(=O)N1CCNC(=O)C1CC(=O)OCCCCCCCCCCCC. The summed E-state index contributed by atoms with van der Waals surface area (Å²) in [5.41, 5.74) is 0. The maximum atomic E-state index is 13.7. The van der Waals surface area contributed by atoms with Crippen molar-refractivity contribution in [2.75, 3.05) is 39.4 Å². The van der Waals surface area contributed by atoms with Crippen LogP contribution in [0.4, 0.5) is 4.79 Å². The summed E-state index contributed by atoms with van der Waals surface area (Å²) < 4.78 is 10.9. The van der Waals surface area contributed by atoms with Gasteiger partial charge in [-0.25, -0.2) is 4.79 Å². The third-order valence-corrected chi connectivity index (χ3v) is 9.39. The second-order valence-corrected chi connectivity index (χ2v) is 13.5. The zero-order chi connectivity index (χ0) is 34.8. The fraction of sp³-hybridized carbons (Fsp3) is 0.865. The Morgan fingerprint density at radius 2 is 0.854 bits per heavy atom. The smallest absolute Gasteiger partial charge is 0.321 e. The summed E-state index contributed by atoms with van der Waals surface area (Å²) in [5.74, 6) is -1.93. The van der Waals surface area contributed by atoms with Crippen molar-refractivity contribution < 1.29 is 33.4 Å². The van der Waals surface area contributed by atoms with Crippen LogP contribution in [0.15, 0.2) is 0 Å². The molecule has 0 saturated carbocycles. The van der Waals surface area contributed by atoms with E-state index in [1.165, 1.54) is 99.7 Å². The van der Waals surface area contributed by atoms with Crippen LogP contribution < -0.4 is 10.6 Å². The maximum absolute atomic E-state index is 13.7. The van der Waals surface area contributed by atoms with E-state index < -0.39 is 41.9 Å². The van der Waals surface area contributed by atoms with Gasteiger partial charge in [0.05, 0.1) is 26.1 Å². The molecule has 2 aliphatic heterocycles. The third-order valence-electron chi connectivity index (χ3n) is 9.39. The Labute approximate surface area is 290 Å². The van der Waals surface area contributed by atoms with E-state index in [-0.39, 0.29) is 52.2 Å². The molecular formula is C37H66N4O7. The first-order valence-electron chi connectivity index (χ1n) is 19.3. The second-order valence-electron chi connectivity index (χ2n) is 13.5. The molecule has 2 aliphatic rings. The molecule has 2 heterocycles. The molecule has 0 bridgehead atoms. The van der Waals surface area contributed by atoms with E-state index in [0.717, 1.165) is 38.5 Å². The van der Waals surface area contributed by atoms with Gasteiger partial charge in [-0.15, -0.1) is 0 Å². The van der Waals surface area contributed by atoms with E-state index in [4.69, 9.17) is 9.47 Å². The molecule has 48 heavy (non-hydrogen) atoms. The highest BCUT2D eigenvalue weighted by Gasteiger charge is 2.42. The van der Waals surface area contributed by atoms with Crippen molar-refractivity contribution >= 4 is 29.8 Å². The lowest BCUT2D eigenvalue weighted by atomic mass is 10.1. The predicted octanol–water partition coefficient (Wildman–Crippen LogP) is 6.42. The number of carbonyl (C=O) groups excluding carboxylic acids is 5. The number of esters is 2. The number of nitrogens with zero attached hydrogens (tertiary/aromatic N) is 2. The number of urea groups is 1. The number of carbonyl (C=O) groups is 5. The molecule has 11 nitrogen and oxygen atoms in total. The van der Waals surface area contributed by atoms with E-state index in [1.807, 2.05) is 0 Å². The Bertz CT molecular complexity index is 875. The largest absolute Gasteiger partial charge is 0.466 e. The summed E-state index contributed by atoms with van der Waals surface area (Å²) in [6, 6.07) is -2.62. The standard InChI is InChI=1S/C37H66N4O7/c1-3-5-7-9-11-13-15-17-19-21-27-47-33(42)29-31-35(44)38-23-25-40(31)37(46)41-26-24-39-36(45)32(41)30-34(43)48-28-22-20-18-16-14-12-10-8-6-4-2/h31-32H,3-30H2,1-2H3,(H,38,44)(H,39,45). The molecule has 0 spiro atoms. The number of piperazine rings is 2. The molecule has 4 amide bonds. The summed E-state index contributed by atoms with van der Waals surface area (Å²) in [6.07, 6.45) is 23.0. The van der Waals surface area contributed by atoms with Crippen LogP contribution in [0, 0.1) is 0 Å². The maximum Gasteiger partial charge on any atom is 0.321 e. The Morgan fingerprint density at radius 3 is 1.19 bits per heavy atom. The minimum atomic E-state index is -1.04. The number of ether oxygens (including phenoxy) is 2. The van der Waals surface area contributed by atoms with Crippen molar-refractivity contribution in [2.24, 2.45) is 0 Å². The zero-order valence-corrected chi connectivity index (χ0v) is 30.2. The van der Waals surface area contributed by atoms with Crippen molar-refractivity contribution in [3.8, 4) is 0 Å². The van der Waals surface area contributed by atoms with E-state index in [1.54, 1.807) is 0 Å². The van der Waals surface area contributed by atoms with Crippen LogP contribution in [0.1, 0.15) is 155 Å². The van der Waals surface area contributed by atoms with E-state index >= 15 is 0 Å². The number of amides is 4. The Hall–Kier alpha value is -2.85. The summed E-state index contributed by atoms with van der Waals surface area (Å²) in [6.45, 7) is 5.87. The molecule has 11 heteroatoms. The lowest BCUT2D eigenvalue weighted by Gasteiger charge is -2.41. The van der Waals surface area contributed by atoms with Gasteiger partial charge in [-0.2, -0.15) is 0 Å². The predicted molar refractivity (Wildman–Crippen MR) is 187 cm³/mol. The molecule has 0 radical (unpaired) electrons. The van der Waals surface area contributed by atoms with Crippen LogP contribution in [-0.2, 0) is 28.7 Å². The monoisotopic (exact) mass is 678 g/mol. The number of hydrogen-bond acceptors (Lipinski definition) is 7. The van der Waals surface area contributed by atoms with Crippen LogP contribution in [0.3, 0.4) is 0 Å². The molecular weight excluding hydrogens is 612 g/mol. The topological polar surface area (TPSA) is 134 Å². The van der Waals surface area contributed by atoms with Crippen molar-refractivity contribution in [2.45, 2.75) is 167 Å². The van der Waals surface area contributed by atoms with E-state index in [2.05, 4.69) is 24.5 Å². The number of hydrogen-bond donors (Lipinski definition) is 2. The molecule has 2 unspecified atom stereocenters. The molecule has 2 atom stereocenters. The molecule has 0 aromatic heterocycles. The lowest BCUT2D eigenvalue weighted by molar-refractivity contribution is -0.148. The first-order chi connectivity index (χ1) is 23.4. The van der Waals surface area contributed by atoms with Crippen LogP contribution in [-0.4, -0.2) is 91.1 Å². The summed E-state index contributed by atoms with van der Waals surface area (Å²) in [7, 11) is 0. The quantitative estimate of drug-likeness (QED) is 0.0797. The average molecular weight is 679 g/mol. The van der Waals surface area contributed by atoms with Gasteiger partial charge in [0.15, 0.2) is 0 Å². The Kier molecular flexibility index (Phi) is 22.4. The van der Waals surface area contributed by atoms with Gasteiger partial charge in [-0.05, 0) is 12.8 Å². The molecule has 2 fully saturated rings. The van der Waals surface area contributed by atoms with Gasteiger partial charge in [0.25, 0.3) is 0 Å². The fourth-order valence-corrected chi connectivity index (χ4v) is 6.44. The number of nitrogens with one attached hydrogen (secondary N) is 2. The molecule has 2 saturated heterocycles. The number of unbranched alkanes of at least 4 members (excludes halogenated alkanes) is 18. The van der Waals surface area contributed by atoms with Crippen LogP contribution >= 0.6 is 0 Å². The average Bonchev–Trinajstić information content (AvgIpc) is 3.07. The first-order valence-corrected chi connectivity index (χ1v) is 19.3. The van der Waals surface area contributed by atoms with Gasteiger partial charge in [0, 0.05) is 26.2 Å². The number of rotatable bonds is 26. The minimum absolute atomic E-state index is 0.189. The lowest BCUT2D eigenvalue weighted by Crippen LogP contribution is -2.65. The summed E-state index contributed by atoms with van der Waals surface area (Å²) >= 11 is 0. The summed E-state index contributed by atoms with van der Waals surface area (Å²) in [4.78, 5) is 67.4. The van der Waals surface area contributed by atoms with Gasteiger partial charge in [-0.1, -0.05) is 129 Å². The molecule has 0 aromatic carbocycles. The highest BCUT2D eigenvalue weighted by atomic mass is 16.5. The van der Waals surface area contributed by atoms with Gasteiger partial charge in [0.1, 0.15) is 12.1 Å². The molecule has 0 aliphatic carbocycles. The highest BCUT2D eigenvalue weighted by Crippen LogP contribution is 2.19. The zero-order valence-electron chi connectivity index (χ0n) is 30.2. The second kappa shape index (κ2) is 26.1. The molecule has 2 rings (SSSR count). The van der Waals surface area contributed by atoms with Crippen molar-refractivity contribution in [3.63, 3.8) is 0 Å². The van der Waals surface area contributed by atoms with E-state index in [0.29, 0.717) is 0 Å². The highest BCUT2D eigenvalue weighted by molar-refractivity contribution is 5.95. The van der Waals surface area contributed by atoms with Crippen LogP contribution in [0.2, 0.25) is 0 Å². The fourth-order valence-electron chi connectivity index (χ4n) is 6.44. The third kappa shape index (κ3) is 17.0. The van der Waals surface area contributed by atoms with Crippen molar-refractivity contribution in [3.05, 3.63) is 0 Å². The molecule has 0 aromatic rings. The Balaban J connectivity index is 1.74. The van der Waals surface area contributed by atoms with Gasteiger partial charge >= 0.3 is 18.0 Å². The van der Waals surface area contributed by atoms with Gasteiger partial charge < -0.3 is 29.9 Å². The Morgan fingerprint density at radius 1 is 0.542 bits per heavy atom. The normalized spacial score (nSPS) is 18.0. The van der Waals surface area contributed by atoms with Crippen LogP contribution in [0.5, 0.6) is 0 Å². The van der Waals surface area contributed by atoms with Gasteiger partial charge in [-0.3, -0.25) is 19.2 Å². The van der Waals surface area contributed by atoms with E-state index in [9.17, 15) is 24.0 Å². The molecule has 276 valence electrons. The summed E-state index contributed by atoms with van der Waals surface area (Å²) in [5, 5.41) is 5.46. The molecule has 2 N–H and O–H groups in total. The van der Waals surface area contributed by atoms with Crippen molar-refractivity contribution in [1.82, 2.24) is 20.4 Å².